The third-order valence-electron chi connectivity index (χ3n) is 4.61. The van der Waals surface area contributed by atoms with E-state index in [-0.39, 0.29) is 12.2 Å². The van der Waals surface area contributed by atoms with Gasteiger partial charge in [-0.05, 0) is 37.4 Å². The second-order valence-electron chi connectivity index (χ2n) is 6.67. The number of rotatable bonds is 6. The largest absolute Gasteiger partial charge is 0.462 e. The van der Waals surface area contributed by atoms with E-state index in [0.29, 0.717) is 33.0 Å². The zero-order valence-electron chi connectivity index (χ0n) is 16.7. The number of nitrogens with zero attached hydrogens (tertiary/aromatic N) is 2. The first kappa shape index (κ1) is 20.5. The molecule has 0 amide bonds. The smallest absolute Gasteiger partial charge is 0.338 e. The minimum absolute atomic E-state index is 0.130. The van der Waals surface area contributed by atoms with E-state index < -0.39 is 12.0 Å². The van der Waals surface area contributed by atoms with Crippen LogP contribution >= 0.6 is 22.7 Å². The lowest BCUT2D eigenvalue weighted by Crippen LogP contribution is -2.39. The van der Waals surface area contributed by atoms with Crippen molar-refractivity contribution in [3.05, 3.63) is 77.0 Å². The van der Waals surface area contributed by atoms with Gasteiger partial charge in [0.15, 0.2) is 4.80 Å². The van der Waals surface area contributed by atoms with Crippen LogP contribution in [0.15, 0.2) is 55.1 Å². The Balaban J connectivity index is 1.85. The number of carbonyl (C=O) groups is 1. The number of hydrogen-bond donors (Lipinski definition) is 0. The number of furan rings is 1. The number of ether oxygens (including phenoxy) is 2. The molecule has 0 aromatic carbocycles. The Bertz CT molecular complexity index is 1280. The second-order valence-corrected chi connectivity index (χ2v) is 8.66. The number of thiazole rings is 1. The van der Waals surface area contributed by atoms with Crippen LogP contribution in [-0.2, 0) is 14.3 Å². The van der Waals surface area contributed by atoms with Crippen molar-refractivity contribution in [3.8, 4) is 0 Å². The highest BCUT2D eigenvalue weighted by atomic mass is 32.1. The van der Waals surface area contributed by atoms with Crippen molar-refractivity contribution in [1.29, 1.82) is 0 Å². The molecule has 0 N–H and O–H groups in total. The molecule has 0 saturated carbocycles. The topological polar surface area (TPSA) is 83.0 Å². The van der Waals surface area contributed by atoms with E-state index in [4.69, 9.17) is 13.9 Å². The minimum atomic E-state index is -0.586. The molecule has 30 heavy (non-hydrogen) atoms. The summed E-state index contributed by atoms with van der Waals surface area (Å²) in [6, 6.07) is 6.87. The third kappa shape index (κ3) is 3.83. The monoisotopic (exact) mass is 444 g/mol. The van der Waals surface area contributed by atoms with Crippen molar-refractivity contribution in [3.63, 3.8) is 0 Å². The molecule has 3 aromatic heterocycles. The second kappa shape index (κ2) is 8.55. The molecule has 0 radical (unpaired) electrons. The Kier molecular flexibility index (Phi) is 5.85. The number of allylic oxidation sites excluding steroid dienone is 1. The summed E-state index contributed by atoms with van der Waals surface area (Å²) in [5, 5.41) is 1.92. The first-order chi connectivity index (χ1) is 14.5. The summed E-state index contributed by atoms with van der Waals surface area (Å²) >= 11 is 2.75. The maximum absolute atomic E-state index is 13.3. The summed E-state index contributed by atoms with van der Waals surface area (Å²) in [6.45, 7) is 4.04. The SMILES string of the molecule is COCCOC(=O)C1=C(C)N=c2s/c(=C\c3ccc(C)o3)c(=O)n2[C@H]1c1cccs1. The molecule has 1 aliphatic heterocycles. The number of aromatic nitrogens is 1. The maximum Gasteiger partial charge on any atom is 0.338 e. The van der Waals surface area contributed by atoms with Crippen LogP contribution < -0.4 is 14.9 Å². The fourth-order valence-corrected chi connectivity index (χ4v) is 5.10. The van der Waals surface area contributed by atoms with Gasteiger partial charge in [0.1, 0.15) is 24.2 Å². The summed E-state index contributed by atoms with van der Waals surface area (Å²) in [6.07, 6.45) is 1.71. The van der Waals surface area contributed by atoms with Crippen LogP contribution in [0.25, 0.3) is 6.08 Å². The molecule has 0 unspecified atom stereocenters. The number of methoxy groups -OCH3 is 1. The Morgan fingerprint density at radius 1 is 1.30 bits per heavy atom. The van der Waals surface area contributed by atoms with E-state index in [1.54, 1.807) is 24.7 Å². The lowest BCUT2D eigenvalue weighted by Gasteiger charge is -2.23. The normalized spacial score (nSPS) is 16.5. The van der Waals surface area contributed by atoms with Crippen LogP contribution in [0.3, 0.4) is 0 Å². The standard InChI is InChI=1S/C21H20N2O5S2/c1-12-6-7-14(28-12)11-16-19(24)23-18(15-5-4-10-29-15)17(13(2)22-21(23)30-16)20(25)27-9-8-26-3/h4-7,10-11,18H,8-9H2,1-3H3/b16-11-/t18-/m0/s1. The van der Waals surface area contributed by atoms with Gasteiger partial charge >= 0.3 is 5.97 Å². The maximum atomic E-state index is 13.3. The zero-order chi connectivity index (χ0) is 21.3. The predicted molar refractivity (Wildman–Crippen MR) is 114 cm³/mol. The molecule has 0 aliphatic carbocycles. The molecular weight excluding hydrogens is 424 g/mol. The molecule has 0 spiro atoms. The molecule has 9 heteroatoms. The summed E-state index contributed by atoms with van der Waals surface area (Å²) in [4.78, 5) is 32.2. The van der Waals surface area contributed by atoms with Crippen molar-refractivity contribution in [1.82, 2.24) is 4.57 Å². The highest BCUT2D eigenvalue weighted by Gasteiger charge is 2.34. The van der Waals surface area contributed by atoms with E-state index in [1.807, 2.05) is 36.6 Å². The molecule has 0 fully saturated rings. The molecule has 1 aliphatic rings. The summed E-state index contributed by atoms with van der Waals surface area (Å²) in [5.74, 6) is 0.866. The lowest BCUT2D eigenvalue weighted by molar-refractivity contribution is -0.140. The molecule has 1 atom stereocenters. The first-order valence-electron chi connectivity index (χ1n) is 9.28. The number of esters is 1. The van der Waals surface area contributed by atoms with Crippen molar-refractivity contribution in [2.45, 2.75) is 19.9 Å². The van der Waals surface area contributed by atoms with Crippen molar-refractivity contribution in [2.75, 3.05) is 20.3 Å². The first-order valence-corrected chi connectivity index (χ1v) is 11.0. The van der Waals surface area contributed by atoms with Gasteiger partial charge in [-0.1, -0.05) is 17.4 Å². The van der Waals surface area contributed by atoms with E-state index in [0.717, 1.165) is 10.6 Å². The lowest BCUT2D eigenvalue weighted by atomic mass is 10.0. The van der Waals surface area contributed by atoms with Gasteiger partial charge in [0.25, 0.3) is 5.56 Å². The van der Waals surface area contributed by atoms with Crippen LogP contribution in [0.2, 0.25) is 0 Å². The van der Waals surface area contributed by atoms with Gasteiger partial charge in [0.2, 0.25) is 0 Å². The van der Waals surface area contributed by atoms with E-state index in [2.05, 4.69) is 4.99 Å². The van der Waals surface area contributed by atoms with Gasteiger partial charge in [-0.25, -0.2) is 9.79 Å². The quantitative estimate of drug-likeness (QED) is 0.431. The molecule has 3 aromatic rings. The molecule has 4 heterocycles. The van der Waals surface area contributed by atoms with E-state index >= 15 is 0 Å². The number of fused-ring (bicyclic) bond motifs is 1. The highest BCUT2D eigenvalue weighted by Crippen LogP contribution is 2.33. The Labute approximate surface area is 180 Å². The van der Waals surface area contributed by atoms with Gasteiger partial charge in [-0.2, -0.15) is 0 Å². The number of hydrogen-bond acceptors (Lipinski definition) is 8. The average molecular weight is 445 g/mol. The zero-order valence-corrected chi connectivity index (χ0v) is 18.3. The van der Waals surface area contributed by atoms with Crippen LogP contribution in [0.5, 0.6) is 0 Å². The average Bonchev–Trinajstić information content (AvgIpc) is 3.43. The van der Waals surface area contributed by atoms with Gasteiger partial charge in [-0.3, -0.25) is 9.36 Å². The van der Waals surface area contributed by atoms with Crippen molar-refractivity contribution in [2.24, 2.45) is 4.99 Å². The fraction of sp³-hybridized carbons (Fsp3) is 0.286. The van der Waals surface area contributed by atoms with Crippen LogP contribution in [0, 0.1) is 6.92 Å². The van der Waals surface area contributed by atoms with Crippen molar-refractivity contribution < 1.29 is 18.7 Å². The predicted octanol–water partition coefficient (Wildman–Crippen LogP) is 2.39. The summed E-state index contributed by atoms with van der Waals surface area (Å²) < 4.78 is 18.0. The molecule has 156 valence electrons. The van der Waals surface area contributed by atoms with E-state index in [1.165, 1.54) is 22.7 Å². The minimum Gasteiger partial charge on any atom is -0.462 e. The summed E-state index contributed by atoms with van der Waals surface area (Å²) in [5.41, 5.74) is 0.680. The van der Waals surface area contributed by atoms with Gasteiger partial charge in [0, 0.05) is 18.1 Å². The van der Waals surface area contributed by atoms with Gasteiger partial charge in [0.05, 0.1) is 22.4 Å². The number of carbonyl (C=O) groups excluding carboxylic acids is 1. The Hall–Kier alpha value is -2.75. The molecular formula is C21H20N2O5S2. The number of aryl methyl sites for hydroxylation is 1. The van der Waals surface area contributed by atoms with Crippen molar-refractivity contribution >= 4 is 34.7 Å². The van der Waals surface area contributed by atoms with Gasteiger partial charge < -0.3 is 13.9 Å². The third-order valence-corrected chi connectivity index (χ3v) is 6.52. The summed E-state index contributed by atoms with van der Waals surface area (Å²) in [7, 11) is 1.54. The molecule has 0 bridgehead atoms. The van der Waals surface area contributed by atoms with Crippen LogP contribution in [0.1, 0.15) is 29.4 Å². The molecule has 4 rings (SSSR count). The molecule has 0 saturated heterocycles. The fourth-order valence-electron chi connectivity index (χ4n) is 3.25. The van der Waals surface area contributed by atoms with Crippen LogP contribution in [-0.4, -0.2) is 30.9 Å². The van der Waals surface area contributed by atoms with E-state index in [9.17, 15) is 9.59 Å². The molecule has 7 nitrogen and oxygen atoms in total. The highest BCUT2D eigenvalue weighted by molar-refractivity contribution is 7.10. The Morgan fingerprint density at radius 2 is 2.13 bits per heavy atom. The van der Waals surface area contributed by atoms with Crippen LogP contribution in [0.4, 0.5) is 0 Å². The Morgan fingerprint density at radius 3 is 2.80 bits per heavy atom. The van der Waals surface area contributed by atoms with Gasteiger partial charge in [-0.15, -0.1) is 11.3 Å². The number of thiophene rings is 1.